The lowest BCUT2D eigenvalue weighted by molar-refractivity contribution is 0.515. The summed E-state index contributed by atoms with van der Waals surface area (Å²) in [6.07, 6.45) is 0. The van der Waals surface area contributed by atoms with Crippen LogP contribution in [0.5, 0.6) is 0 Å². The van der Waals surface area contributed by atoms with E-state index in [1.165, 1.54) is 0 Å². The molecule has 0 amide bonds. The van der Waals surface area contributed by atoms with Crippen LogP contribution in [0.1, 0.15) is 11.5 Å². The molecule has 112 valence electrons. The van der Waals surface area contributed by atoms with E-state index in [9.17, 15) is 0 Å². The largest absolute Gasteiger partial charge is 0.419 e. The van der Waals surface area contributed by atoms with Gasteiger partial charge in [-0.1, -0.05) is 40.9 Å². The van der Waals surface area contributed by atoms with E-state index in [0.717, 1.165) is 16.8 Å². The van der Waals surface area contributed by atoms with Gasteiger partial charge in [-0.2, -0.15) is 0 Å². The Morgan fingerprint density at radius 2 is 1.82 bits per heavy atom. The van der Waals surface area contributed by atoms with Gasteiger partial charge >= 0.3 is 0 Å². The lowest BCUT2D eigenvalue weighted by atomic mass is 10.1. The van der Waals surface area contributed by atoms with E-state index in [-0.39, 0.29) is 0 Å². The van der Waals surface area contributed by atoms with Crippen molar-refractivity contribution in [2.45, 2.75) is 13.5 Å². The fraction of sp³-hybridized carbons (Fsp3) is 0.125. The number of hydrogen-bond acceptors (Lipinski definition) is 4. The number of hydrogen-bond donors (Lipinski definition) is 1. The van der Waals surface area contributed by atoms with Gasteiger partial charge in [-0.05, 0) is 37.3 Å². The fourth-order valence-corrected chi connectivity index (χ4v) is 2.58. The van der Waals surface area contributed by atoms with Gasteiger partial charge in [-0.25, -0.2) is 0 Å². The van der Waals surface area contributed by atoms with Crippen molar-refractivity contribution in [1.82, 2.24) is 10.2 Å². The minimum absolute atomic E-state index is 0.398. The molecular weight excluding hydrogens is 321 g/mol. The third kappa shape index (κ3) is 3.59. The predicted molar refractivity (Wildman–Crippen MR) is 88.3 cm³/mol. The molecule has 0 atom stereocenters. The number of benzene rings is 2. The van der Waals surface area contributed by atoms with Crippen molar-refractivity contribution in [3.63, 3.8) is 0 Å². The van der Waals surface area contributed by atoms with Gasteiger partial charge in [0.2, 0.25) is 11.8 Å². The summed E-state index contributed by atoms with van der Waals surface area (Å²) in [7, 11) is 0. The Labute approximate surface area is 138 Å². The highest BCUT2D eigenvalue weighted by atomic mass is 35.5. The first-order valence-corrected chi connectivity index (χ1v) is 7.45. The van der Waals surface area contributed by atoms with Crippen LogP contribution in [-0.4, -0.2) is 10.2 Å². The summed E-state index contributed by atoms with van der Waals surface area (Å²) in [5, 5.41) is 12.4. The van der Waals surface area contributed by atoms with Crippen LogP contribution in [0.4, 0.5) is 5.69 Å². The maximum absolute atomic E-state index is 5.95. The SMILES string of the molecule is Cc1cccc(-c2nnc(CNc3cc(Cl)cc(Cl)c3)o2)c1. The average Bonchev–Trinajstić information content (AvgIpc) is 2.93. The molecule has 0 radical (unpaired) electrons. The van der Waals surface area contributed by atoms with Gasteiger partial charge in [-0.3, -0.25) is 0 Å². The summed E-state index contributed by atoms with van der Waals surface area (Å²) >= 11 is 11.9. The summed E-state index contributed by atoms with van der Waals surface area (Å²) in [4.78, 5) is 0. The molecule has 0 bridgehead atoms. The molecule has 3 aromatic rings. The predicted octanol–water partition coefficient (Wildman–Crippen LogP) is 4.96. The highest BCUT2D eigenvalue weighted by Crippen LogP contribution is 2.23. The second-order valence-electron chi connectivity index (χ2n) is 4.88. The molecule has 1 N–H and O–H groups in total. The number of aromatic nitrogens is 2. The minimum atomic E-state index is 0.398. The Hall–Kier alpha value is -2.04. The fourth-order valence-electron chi connectivity index (χ4n) is 2.05. The molecule has 0 fully saturated rings. The van der Waals surface area contributed by atoms with Crippen LogP contribution in [0, 0.1) is 6.92 Å². The number of aryl methyl sites for hydroxylation is 1. The number of rotatable bonds is 4. The zero-order valence-corrected chi connectivity index (χ0v) is 13.3. The highest BCUT2D eigenvalue weighted by Gasteiger charge is 2.08. The van der Waals surface area contributed by atoms with E-state index in [1.54, 1.807) is 18.2 Å². The smallest absolute Gasteiger partial charge is 0.247 e. The van der Waals surface area contributed by atoms with Crippen molar-refractivity contribution in [2.24, 2.45) is 0 Å². The first kappa shape index (κ1) is 14.9. The zero-order valence-electron chi connectivity index (χ0n) is 11.8. The van der Waals surface area contributed by atoms with Crippen molar-refractivity contribution in [3.8, 4) is 11.5 Å². The third-order valence-corrected chi connectivity index (χ3v) is 3.47. The summed E-state index contributed by atoms with van der Waals surface area (Å²) in [6.45, 7) is 2.42. The maximum atomic E-state index is 5.95. The molecule has 3 rings (SSSR count). The lowest BCUT2D eigenvalue weighted by Crippen LogP contribution is -1.99. The van der Waals surface area contributed by atoms with Crippen molar-refractivity contribution in [2.75, 3.05) is 5.32 Å². The summed E-state index contributed by atoms with van der Waals surface area (Å²) in [6, 6.07) is 13.2. The molecule has 1 heterocycles. The molecule has 22 heavy (non-hydrogen) atoms. The van der Waals surface area contributed by atoms with Crippen molar-refractivity contribution in [1.29, 1.82) is 0 Å². The van der Waals surface area contributed by atoms with Crippen molar-refractivity contribution >= 4 is 28.9 Å². The van der Waals surface area contributed by atoms with Crippen molar-refractivity contribution in [3.05, 3.63) is 64.0 Å². The topological polar surface area (TPSA) is 51.0 Å². The van der Waals surface area contributed by atoms with E-state index in [2.05, 4.69) is 15.5 Å². The van der Waals surface area contributed by atoms with Crippen LogP contribution in [-0.2, 0) is 6.54 Å². The molecule has 0 saturated heterocycles. The molecule has 0 aliphatic rings. The number of nitrogens with one attached hydrogen (secondary N) is 1. The molecule has 1 aromatic heterocycles. The number of nitrogens with zero attached hydrogens (tertiary/aromatic N) is 2. The summed E-state index contributed by atoms with van der Waals surface area (Å²) in [5.41, 5.74) is 2.85. The van der Waals surface area contributed by atoms with Crippen LogP contribution in [0.2, 0.25) is 10.0 Å². The summed E-state index contributed by atoms with van der Waals surface area (Å²) in [5.74, 6) is 0.997. The molecular formula is C16H13Cl2N3O. The van der Waals surface area contributed by atoms with Crippen LogP contribution >= 0.6 is 23.2 Å². The van der Waals surface area contributed by atoms with Gasteiger partial charge in [0, 0.05) is 21.3 Å². The van der Waals surface area contributed by atoms with Crippen molar-refractivity contribution < 1.29 is 4.42 Å². The number of anilines is 1. The first-order chi connectivity index (χ1) is 10.6. The Morgan fingerprint density at radius 1 is 1.05 bits per heavy atom. The van der Waals surface area contributed by atoms with E-state index >= 15 is 0 Å². The molecule has 0 spiro atoms. The summed E-state index contributed by atoms with van der Waals surface area (Å²) < 4.78 is 5.66. The second-order valence-corrected chi connectivity index (χ2v) is 5.75. The van der Waals surface area contributed by atoms with Gasteiger partial charge in [-0.15, -0.1) is 10.2 Å². The quantitative estimate of drug-likeness (QED) is 0.732. The van der Waals surface area contributed by atoms with Gasteiger partial charge in [0.25, 0.3) is 0 Å². The Kier molecular flexibility index (Phi) is 4.32. The zero-order chi connectivity index (χ0) is 15.5. The monoisotopic (exact) mass is 333 g/mol. The molecule has 6 heteroatoms. The molecule has 4 nitrogen and oxygen atoms in total. The van der Waals surface area contributed by atoms with Crippen LogP contribution in [0.15, 0.2) is 46.9 Å². The first-order valence-electron chi connectivity index (χ1n) is 6.69. The molecule has 0 unspecified atom stereocenters. The molecule has 0 aliphatic heterocycles. The Balaban J connectivity index is 1.72. The van der Waals surface area contributed by atoms with E-state index in [1.807, 2.05) is 31.2 Å². The second kappa shape index (κ2) is 6.38. The van der Waals surface area contributed by atoms with Crippen LogP contribution in [0.25, 0.3) is 11.5 Å². The molecule has 0 aliphatic carbocycles. The average molecular weight is 334 g/mol. The highest BCUT2D eigenvalue weighted by molar-refractivity contribution is 6.35. The van der Waals surface area contributed by atoms with E-state index in [4.69, 9.17) is 27.6 Å². The normalized spacial score (nSPS) is 10.7. The Morgan fingerprint density at radius 3 is 2.55 bits per heavy atom. The van der Waals surface area contributed by atoms with Gasteiger partial charge in [0.15, 0.2) is 0 Å². The maximum Gasteiger partial charge on any atom is 0.247 e. The van der Waals surface area contributed by atoms with Crippen LogP contribution in [0.3, 0.4) is 0 Å². The van der Waals surface area contributed by atoms with Gasteiger partial charge < -0.3 is 9.73 Å². The van der Waals surface area contributed by atoms with E-state index in [0.29, 0.717) is 28.4 Å². The van der Waals surface area contributed by atoms with Gasteiger partial charge in [0.05, 0.1) is 6.54 Å². The Bertz CT molecular complexity index is 781. The van der Waals surface area contributed by atoms with E-state index < -0.39 is 0 Å². The standard InChI is InChI=1S/C16H13Cl2N3O/c1-10-3-2-4-11(5-10)16-21-20-15(22-16)9-19-14-7-12(17)6-13(18)8-14/h2-8,19H,9H2,1H3. The van der Waals surface area contributed by atoms with Crippen LogP contribution < -0.4 is 5.32 Å². The number of halogens is 2. The van der Waals surface area contributed by atoms with Gasteiger partial charge in [0.1, 0.15) is 0 Å². The molecule has 2 aromatic carbocycles. The molecule has 0 saturated carbocycles. The third-order valence-electron chi connectivity index (χ3n) is 3.04. The lowest BCUT2D eigenvalue weighted by Gasteiger charge is -2.04. The minimum Gasteiger partial charge on any atom is -0.419 e.